The normalized spacial score (nSPS) is 37.0. The smallest absolute Gasteiger partial charge is 0.111 e. The maximum absolute atomic E-state index is 9.95. The van der Waals surface area contributed by atoms with Crippen LogP contribution in [0.3, 0.4) is 0 Å². The van der Waals surface area contributed by atoms with Crippen LogP contribution in [0.2, 0.25) is 0 Å². The van der Waals surface area contributed by atoms with E-state index in [-0.39, 0.29) is 16.8 Å². The third kappa shape index (κ3) is 2.49. The van der Waals surface area contributed by atoms with Crippen molar-refractivity contribution in [3.05, 3.63) is 29.8 Å². The number of nitrogens with zero attached hydrogens (tertiary/aromatic N) is 1. The lowest BCUT2D eigenvalue weighted by molar-refractivity contribution is 0.0229. The van der Waals surface area contributed by atoms with Gasteiger partial charge in [-0.2, -0.15) is 5.26 Å². The molecule has 5 atom stereocenters. The Bertz CT molecular complexity index is 502. The molecule has 2 fully saturated rings. The van der Waals surface area contributed by atoms with E-state index in [0.717, 1.165) is 4.90 Å². The molecule has 0 amide bonds. The van der Waals surface area contributed by atoms with Crippen molar-refractivity contribution in [2.24, 2.45) is 0 Å². The molecular weight excluding hydrogens is 282 g/mol. The number of ether oxygens (including phenoxy) is 1. The first-order chi connectivity index (χ1) is 9.19. The summed E-state index contributed by atoms with van der Waals surface area (Å²) in [6.45, 7) is 0. The van der Waals surface area contributed by atoms with E-state index in [4.69, 9.17) is 10.00 Å². The van der Waals surface area contributed by atoms with Crippen LogP contribution in [0.1, 0.15) is 5.56 Å². The van der Waals surface area contributed by atoms with Crippen LogP contribution in [0.5, 0.6) is 0 Å². The lowest BCUT2D eigenvalue weighted by Gasteiger charge is -2.28. The summed E-state index contributed by atoms with van der Waals surface area (Å²) in [6, 6.07) is 9.43. The number of fused-ring (bicyclic) bond motifs is 2. The van der Waals surface area contributed by atoms with Crippen molar-refractivity contribution in [1.82, 2.24) is 0 Å². The lowest BCUT2D eigenvalue weighted by atomic mass is 10.1. The minimum Gasteiger partial charge on any atom is -0.388 e. The van der Waals surface area contributed by atoms with Gasteiger partial charge in [0.05, 0.1) is 22.3 Å². The maximum atomic E-state index is 9.95. The second-order valence-corrected chi connectivity index (χ2v) is 7.26. The second kappa shape index (κ2) is 5.35. The fraction of sp³-hybridized carbons (Fsp3) is 0.462. The molecule has 4 nitrogen and oxygen atoms in total. The first kappa shape index (κ1) is 13.3. The topological polar surface area (TPSA) is 73.5 Å². The van der Waals surface area contributed by atoms with Crippen LogP contribution in [0.25, 0.3) is 0 Å². The fourth-order valence-corrected chi connectivity index (χ4v) is 5.10. The zero-order valence-electron chi connectivity index (χ0n) is 9.97. The molecule has 1 aromatic carbocycles. The summed E-state index contributed by atoms with van der Waals surface area (Å²) >= 11 is 3.31. The number of hydrogen-bond acceptors (Lipinski definition) is 6. The highest BCUT2D eigenvalue weighted by Gasteiger charge is 2.50. The fourth-order valence-electron chi connectivity index (χ4n) is 2.27. The summed E-state index contributed by atoms with van der Waals surface area (Å²) in [4.78, 5) is 1.03. The molecule has 2 aliphatic heterocycles. The van der Waals surface area contributed by atoms with E-state index < -0.39 is 12.2 Å². The van der Waals surface area contributed by atoms with Crippen LogP contribution in [-0.4, -0.2) is 45.0 Å². The third-order valence-electron chi connectivity index (χ3n) is 3.33. The SMILES string of the molecule is N#Cc1ccc(S[C@@H]2SC[C@H]3O[C@@H]2[C@@H](O)[C@@H]3O)cc1. The molecule has 1 aromatic rings. The Hall–Kier alpha value is -0.710. The Morgan fingerprint density at radius 1 is 1.26 bits per heavy atom. The first-order valence-electron chi connectivity index (χ1n) is 5.99. The average Bonchev–Trinajstić information content (AvgIpc) is 2.68. The monoisotopic (exact) mass is 295 g/mol. The summed E-state index contributed by atoms with van der Waals surface area (Å²) in [5.41, 5.74) is 0.633. The molecule has 0 spiro atoms. The third-order valence-corrected chi connectivity index (χ3v) is 6.19. The quantitative estimate of drug-likeness (QED) is 0.854. The Kier molecular flexibility index (Phi) is 3.74. The Labute approximate surface area is 119 Å². The zero-order chi connectivity index (χ0) is 13.4. The van der Waals surface area contributed by atoms with E-state index in [1.54, 1.807) is 35.7 Å². The lowest BCUT2D eigenvalue weighted by Crippen LogP contribution is -2.34. The number of rotatable bonds is 2. The summed E-state index contributed by atoms with van der Waals surface area (Å²) in [5.74, 6) is 0.697. The largest absolute Gasteiger partial charge is 0.388 e. The average molecular weight is 295 g/mol. The van der Waals surface area contributed by atoms with Crippen LogP contribution in [0, 0.1) is 11.3 Å². The van der Waals surface area contributed by atoms with Gasteiger partial charge in [-0.3, -0.25) is 0 Å². The molecule has 0 aromatic heterocycles. The molecule has 0 radical (unpaired) electrons. The highest BCUT2D eigenvalue weighted by Crippen LogP contribution is 2.44. The predicted octanol–water partition coefficient (Wildman–Crippen LogP) is 1.21. The molecular formula is C13H13NO3S2. The molecule has 2 bridgehead atoms. The number of thioether (sulfide) groups is 2. The van der Waals surface area contributed by atoms with Crippen molar-refractivity contribution in [3.8, 4) is 6.07 Å². The molecule has 0 aliphatic carbocycles. The summed E-state index contributed by atoms with van der Waals surface area (Å²) < 4.78 is 5.72. The van der Waals surface area contributed by atoms with Gasteiger partial charge in [-0.1, -0.05) is 0 Å². The van der Waals surface area contributed by atoms with Gasteiger partial charge < -0.3 is 14.9 Å². The molecule has 6 heteroatoms. The van der Waals surface area contributed by atoms with E-state index in [1.807, 2.05) is 12.1 Å². The van der Waals surface area contributed by atoms with E-state index >= 15 is 0 Å². The van der Waals surface area contributed by atoms with Gasteiger partial charge in [-0.15, -0.1) is 23.5 Å². The standard InChI is InChI=1S/C13H13NO3S2/c14-5-7-1-3-8(4-2-7)19-13-12-11(16)10(15)9(17-12)6-18-13/h1-4,9-13,15-16H,6H2/t9-,10-,11+,12-,13+/m1/s1. The van der Waals surface area contributed by atoms with Gasteiger partial charge in [0, 0.05) is 10.6 Å². The minimum atomic E-state index is -0.809. The van der Waals surface area contributed by atoms with E-state index in [0.29, 0.717) is 11.3 Å². The molecule has 2 N–H and O–H groups in total. The second-order valence-electron chi connectivity index (χ2n) is 4.58. The van der Waals surface area contributed by atoms with Gasteiger partial charge >= 0.3 is 0 Å². The van der Waals surface area contributed by atoms with Crippen molar-refractivity contribution < 1.29 is 14.9 Å². The summed E-state index contributed by atoms with van der Waals surface area (Å²) in [6.07, 6.45) is -2.16. The van der Waals surface area contributed by atoms with E-state index in [1.165, 1.54) is 0 Å². The van der Waals surface area contributed by atoms with Gasteiger partial charge in [0.2, 0.25) is 0 Å². The Balaban J connectivity index is 1.71. The Morgan fingerprint density at radius 2 is 2.00 bits per heavy atom. The molecule has 3 rings (SSSR count). The molecule has 19 heavy (non-hydrogen) atoms. The molecule has 2 saturated heterocycles. The highest BCUT2D eigenvalue weighted by molar-refractivity contribution is 8.17. The van der Waals surface area contributed by atoms with Crippen LogP contribution < -0.4 is 0 Å². The first-order valence-corrected chi connectivity index (χ1v) is 7.92. The maximum Gasteiger partial charge on any atom is 0.111 e. The number of aliphatic hydroxyl groups excluding tert-OH is 2. The van der Waals surface area contributed by atoms with Crippen molar-refractivity contribution in [2.45, 2.75) is 33.9 Å². The molecule has 2 aliphatic rings. The summed E-state index contributed by atoms with van der Waals surface area (Å²) in [5, 5.41) is 28.5. The van der Waals surface area contributed by atoms with Gasteiger partial charge in [0.15, 0.2) is 0 Å². The van der Waals surface area contributed by atoms with Gasteiger partial charge in [-0.25, -0.2) is 0 Å². The van der Waals surface area contributed by atoms with E-state index in [2.05, 4.69) is 6.07 Å². The number of nitriles is 1. The van der Waals surface area contributed by atoms with Crippen molar-refractivity contribution in [3.63, 3.8) is 0 Å². The molecule has 0 saturated carbocycles. The number of benzene rings is 1. The van der Waals surface area contributed by atoms with Crippen LogP contribution in [-0.2, 0) is 4.74 Å². The predicted molar refractivity (Wildman–Crippen MR) is 73.9 cm³/mol. The van der Waals surface area contributed by atoms with Gasteiger partial charge in [0.1, 0.15) is 18.3 Å². The van der Waals surface area contributed by atoms with Crippen LogP contribution in [0.4, 0.5) is 0 Å². The Morgan fingerprint density at radius 3 is 2.68 bits per heavy atom. The van der Waals surface area contributed by atoms with Gasteiger partial charge in [0.25, 0.3) is 0 Å². The van der Waals surface area contributed by atoms with Crippen molar-refractivity contribution >= 4 is 23.5 Å². The zero-order valence-corrected chi connectivity index (χ0v) is 11.6. The van der Waals surface area contributed by atoms with Crippen LogP contribution >= 0.6 is 23.5 Å². The number of aliphatic hydroxyl groups is 2. The molecule has 2 heterocycles. The van der Waals surface area contributed by atoms with Crippen molar-refractivity contribution in [2.75, 3.05) is 5.75 Å². The molecule has 100 valence electrons. The van der Waals surface area contributed by atoms with Gasteiger partial charge in [-0.05, 0) is 24.3 Å². The molecule has 0 unspecified atom stereocenters. The van der Waals surface area contributed by atoms with E-state index in [9.17, 15) is 10.2 Å². The number of hydrogen-bond donors (Lipinski definition) is 2. The highest BCUT2D eigenvalue weighted by atomic mass is 32.2. The van der Waals surface area contributed by atoms with Crippen molar-refractivity contribution in [1.29, 1.82) is 5.26 Å². The van der Waals surface area contributed by atoms with Crippen LogP contribution in [0.15, 0.2) is 29.2 Å². The summed E-state index contributed by atoms with van der Waals surface area (Å²) in [7, 11) is 0. The minimum absolute atomic E-state index is 0.0661.